The summed E-state index contributed by atoms with van der Waals surface area (Å²) in [5.41, 5.74) is -0.278. The molecule has 7 rings (SSSR count). The second kappa shape index (κ2) is 11.6. The third kappa shape index (κ3) is 6.26. The molecule has 3 aromatic carbocycles. The van der Waals surface area contributed by atoms with E-state index in [9.17, 15) is 22.0 Å². The molecule has 4 bridgehead atoms. The van der Waals surface area contributed by atoms with Crippen LogP contribution in [0.25, 0.3) is 0 Å². The summed E-state index contributed by atoms with van der Waals surface area (Å²) in [7, 11) is -5.80. The lowest BCUT2D eigenvalue weighted by atomic mass is 9.50. The van der Waals surface area contributed by atoms with Crippen LogP contribution in [0.15, 0.2) is 106 Å². The van der Waals surface area contributed by atoms with E-state index in [1.807, 2.05) is 0 Å². The lowest BCUT2D eigenvalue weighted by molar-refractivity contribution is -0.172. The Bertz CT molecular complexity index is 1270. The summed E-state index contributed by atoms with van der Waals surface area (Å²) in [5, 5.41) is -4.89. The highest BCUT2D eigenvalue weighted by molar-refractivity contribution is 7.97. The van der Waals surface area contributed by atoms with Crippen molar-refractivity contribution in [2.75, 3.05) is 6.61 Å². The minimum atomic E-state index is -5.79. The molecule has 5 nitrogen and oxygen atoms in total. The topological polar surface area (TPSA) is 80.7 Å². The van der Waals surface area contributed by atoms with Crippen LogP contribution in [0, 0.1) is 23.2 Å². The van der Waals surface area contributed by atoms with Gasteiger partial charge in [-0.2, -0.15) is 17.2 Å². The molecule has 4 saturated carbocycles. The fraction of sp³-hybridized carbons (Fsp3) is 0.387. The molecule has 0 atom stereocenters. The van der Waals surface area contributed by atoms with Crippen LogP contribution in [0.2, 0.25) is 0 Å². The summed E-state index contributed by atoms with van der Waals surface area (Å²) in [5.74, 6) is -0.480. The molecule has 4 aliphatic carbocycles. The molecular weight excluding hydrogens is 554 g/mol. The number of hydrogen-bond donors (Lipinski definition) is 1. The molecule has 0 spiro atoms. The summed E-state index contributed by atoms with van der Waals surface area (Å²) in [6.07, 6.45) is 6.04. The second-order valence-corrected chi connectivity index (χ2v) is 14.7. The van der Waals surface area contributed by atoms with Gasteiger partial charge in [-0.25, -0.2) is 4.79 Å². The number of rotatable bonds is 7. The molecule has 0 unspecified atom stereocenters. The zero-order chi connectivity index (χ0) is 28.4. The number of alkyl halides is 2. The van der Waals surface area contributed by atoms with Crippen molar-refractivity contribution in [3.63, 3.8) is 0 Å². The minimum Gasteiger partial charge on any atom is -0.460 e. The van der Waals surface area contributed by atoms with Crippen molar-refractivity contribution in [2.45, 2.75) is 58.5 Å². The maximum atomic E-state index is 13.2. The highest BCUT2D eigenvalue weighted by Crippen LogP contribution is 2.60. The quantitative estimate of drug-likeness (QED) is 0.183. The summed E-state index contributed by atoms with van der Waals surface area (Å²) in [6.45, 7) is -0.180. The Kier molecular flexibility index (Phi) is 8.36. The van der Waals surface area contributed by atoms with Crippen LogP contribution in [0.4, 0.5) is 8.78 Å². The van der Waals surface area contributed by atoms with Gasteiger partial charge in [0.25, 0.3) is 0 Å². The third-order valence-corrected chi connectivity index (χ3v) is 11.2. The van der Waals surface area contributed by atoms with Gasteiger partial charge >= 0.3 is 21.3 Å². The van der Waals surface area contributed by atoms with E-state index in [1.54, 1.807) is 0 Å². The van der Waals surface area contributed by atoms with Crippen molar-refractivity contribution in [3.05, 3.63) is 91.0 Å². The SMILES string of the molecule is O=C(OCC12CC3CC(CC(C3)C1)C2)C(F)(F)S(=O)(=O)O.c1ccc([S+](c2ccccc2)c2ccccc2)cc1. The van der Waals surface area contributed by atoms with E-state index in [0.717, 1.165) is 38.5 Å². The van der Waals surface area contributed by atoms with Gasteiger partial charge in [0.2, 0.25) is 0 Å². The van der Waals surface area contributed by atoms with Gasteiger partial charge in [-0.05, 0) is 92.7 Å². The predicted octanol–water partition coefficient (Wildman–Crippen LogP) is 7.01. The van der Waals surface area contributed by atoms with Crippen molar-refractivity contribution < 1.29 is 31.3 Å². The van der Waals surface area contributed by atoms with Crippen molar-refractivity contribution in [3.8, 4) is 0 Å². The van der Waals surface area contributed by atoms with Crippen molar-refractivity contribution >= 4 is 27.0 Å². The number of carbonyl (C=O) groups is 1. The maximum absolute atomic E-state index is 13.2. The largest absolute Gasteiger partial charge is 0.465 e. The predicted molar refractivity (Wildman–Crippen MR) is 150 cm³/mol. The Labute approximate surface area is 237 Å². The van der Waals surface area contributed by atoms with Gasteiger partial charge in [0.05, 0.1) is 17.5 Å². The second-order valence-electron chi connectivity index (χ2n) is 11.2. The number of benzene rings is 3. The molecule has 0 radical (unpaired) electrons. The molecule has 0 saturated heterocycles. The third-order valence-electron chi connectivity index (χ3n) is 8.17. The van der Waals surface area contributed by atoms with Crippen molar-refractivity contribution in [1.29, 1.82) is 0 Å². The zero-order valence-electron chi connectivity index (χ0n) is 22.0. The first kappa shape index (κ1) is 28.8. The Hall–Kier alpha value is -2.75. The summed E-state index contributed by atoms with van der Waals surface area (Å²) < 4.78 is 60.4. The van der Waals surface area contributed by atoms with Gasteiger partial charge in [-0.3, -0.25) is 4.55 Å². The zero-order valence-corrected chi connectivity index (χ0v) is 23.6. The number of hydrogen-bond acceptors (Lipinski definition) is 4. The van der Waals surface area contributed by atoms with Gasteiger partial charge in [0.15, 0.2) is 14.7 Å². The van der Waals surface area contributed by atoms with Crippen LogP contribution in [0.5, 0.6) is 0 Å². The Balaban J connectivity index is 0.000000162. The first-order chi connectivity index (χ1) is 19.1. The molecule has 1 N–H and O–H groups in total. The Morgan fingerprint density at radius 1 is 0.775 bits per heavy atom. The molecule has 0 amide bonds. The average Bonchev–Trinajstić information content (AvgIpc) is 2.93. The monoisotopic (exact) mass is 587 g/mol. The maximum Gasteiger partial charge on any atom is 0.465 e. The van der Waals surface area contributed by atoms with E-state index in [1.165, 1.54) is 14.7 Å². The molecular formula is C31H33F2O5S2+. The highest BCUT2D eigenvalue weighted by Gasteiger charge is 2.56. The van der Waals surface area contributed by atoms with Gasteiger partial charge in [-0.15, -0.1) is 0 Å². The van der Waals surface area contributed by atoms with Crippen LogP contribution >= 0.6 is 0 Å². The number of carbonyl (C=O) groups excluding carboxylic acids is 1. The molecule has 0 heterocycles. The standard InChI is InChI=1S/C18H15S.C13H18F2O5S/c1-4-10-16(11-5-1)19(17-12-6-2-7-13-17)18-14-8-3-9-15-18;14-13(15,21(17,18)19)11(16)20-7-12-4-8-1-9(5-12)3-10(2-8)6-12/h1-15H;8-10H,1-7H2,(H,17,18,19)/q+1;. The fourth-order valence-corrected chi connectivity index (χ4v) is 9.33. The summed E-state index contributed by atoms with van der Waals surface area (Å²) in [6, 6.07) is 32.2. The highest BCUT2D eigenvalue weighted by atomic mass is 32.2. The van der Waals surface area contributed by atoms with E-state index >= 15 is 0 Å². The van der Waals surface area contributed by atoms with Gasteiger partial charge in [0.1, 0.15) is 0 Å². The molecule has 212 valence electrons. The first-order valence-corrected chi connectivity index (χ1v) is 16.1. The summed E-state index contributed by atoms with van der Waals surface area (Å²) in [4.78, 5) is 15.4. The average molecular weight is 588 g/mol. The number of ether oxygens (including phenoxy) is 1. The molecule has 0 aromatic heterocycles. The molecule has 4 fully saturated rings. The van der Waals surface area contributed by atoms with Crippen molar-refractivity contribution in [1.82, 2.24) is 0 Å². The van der Waals surface area contributed by atoms with E-state index < -0.39 is 21.3 Å². The van der Waals surface area contributed by atoms with E-state index in [4.69, 9.17) is 4.55 Å². The van der Waals surface area contributed by atoms with Gasteiger partial charge in [-0.1, -0.05) is 54.6 Å². The van der Waals surface area contributed by atoms with Gasteiger partial charge in [0, 0.05) is 5.41 Å². The smallest absolute Gasteiger partial charge is 0.460 e. The number of esters is 1. The van der Waals surface area contributed by atoms with Crippen LogP contribution in [-0.4, -0.2) is 30.8 Å². The molecule has 4 aliphatic rings. The molecule has 3 aromatic rings. The Morgan fingerprint density at radius 3 is 1.45 bits per heavy atom. The van der Waals surface area contributed by atoms with E-state index in [0.29, 0.717) is 17.8 Å². The van der Waals surface area contributed by atoms with Crippen molar-refractivity contribution in [2.24, 2.45) is 23.2 Å². The number of halogens is 2. The summed E-state index contributed by atoms with van der Waals surface area (Å²) >= 11 is 0. The van der Waals surface area contributed by atoms with Crippen LogP contribution in [-0.2, 0) is 30.5 Å². The molecule has 9 heteroatoms. The normalized spacial score (nSPS) is 25.2. The lowest BCUT2D eigenvalue weighted by Crippen LogP contribution is -2.49. The molecule has 40 heavy (non-hydrogen) atoms. The van der Waals surface area contributed by atoms with Gasteiger partial charge < -0.3 is 4.74 Å². The minimum absolute atomic E-state index is 0.0146. The lowest BCUT2D eigenvalue weighted by Gasteiger charge is -2.56. The van der Waals surface area contributed by atoms with E-state index in [2.05, 4.69) is 95.7 Å². The Morgan fingerprint density at radius 2 is 1.12 bits per heavy atom. The first-order valence-electron chi connectivity index (χ1n) is 13.5. The van der Waals surface area contributed by atoms with Crippen LogP contribution < -0.4 is 0 Å². The fourth-order valence-electron chi connectivity index (χ4n) is 6.95. The molecule has 0 aliphatic heterocycles. The van der Waals surface area contributed by atoms with Crippen LogP contribution in [0.1, 0.15) is 38.5 Å². The van der Waals surface area contributed by atoms with E-state index in [-0.39, 0.29) is 22.9 Å². The van der Waals surface area contributed by atoms with Crippen LogP contribution in [0.3, 0.4) is 0 Å².